The first-order valence-corrected chi connectivity index (χ1v) is 6.60. The Kier molecular flexibility index (Phi) is 5.48. The lowest BCUT2D eigenvalue weighted by Gasteiger charge is -2.24. The van der Waals surface area contributed by atoms with Gasteiger partial charge in [0.25, 0.3) is 0 Å². The van der Waals surface area contributed by atoms with E-state index < -0.39 is 0 Å². The van der Waals surface area contributed by atoms with Crippen molar-refractivity contribution in [2.24, 2.45) is 5.92 Å². The fourth-order valence-electron chi connectivity index (χ4n) is 1.75. The first-order valence-electron chi connectivity index (χ1n) is 6.22. The first kappa shape index (κ1) is 14.8. The lowest BCUT2D eigenvalue weighted by atomic mass is 9.96. The molecule has 1 aromatic rings. The van der Waals surface area contributed by atoms with Gasteiger partial charge in [0.1, 0.15) is 0 Å². The largest absolute Gasteiger partial charge is 0.336 e. The lowest BCUT2D eigenvalue weighted by Crippen LogP contribution is -2.42. The molecule has 3 nitrogen and oxygen atoms in total. The highest BCUT2D eigenvalue weighted by atomic mass is 35.5. The Balaban J connectivity index is 2.77. The summed E-state index contributed by atoms with van der Waals surface area (Å²) in [6, 6.07) is 7.55. The molecule has 1 rings (SSSR count). The van der Waals surface area contributed by atoms with Crippen LogP contribution in [0, 0.1) is 5.92 Å². The van der Waals surface area contributed by atoms with E-state index in [-0.39, 0.29) is 18.1 Å². The number of hydrogen-bond acceptors (Lipinski definition) is 1. The molecule has 0 aliphatic rings. The molecule has 4 heteroatoms. The number of urea groups is 1. The lowest BCUT2D eigenvalue weighted by molar-refractivity contribution is 0.231. The number of carbonyl (C=O) groups is 1. The second kappa shape index (κ2) is 6.64. The summed E-state index contributed by atoms with van der Waals surface area (Å²) in [5, 5.41) is 6.53. The van der Waals surface area contributed by atoms with Crippen molar-refractivity contribution < 1.29 is 4.79 Å². The number of amides is 2. The van der Waals surface area contributed by atoms with Gasteiger partial charge < -0.3 is 10.6 Å². The Labute approximate surface area is 114 Å². The van der Waals surface area contributed by atoms with Crippen LogP contribution in [0.2, 0.25) is 5.02 Å². The van der Waals surface area contributed by atoms with Crippen LogP contribution in [-0.2, 0) is 0 Å². The molecule has 0 fully saturated rings. The number of benzene rings is 1. The van der Waals surface area contributed by atoms with Gasteiger partial charge in [0, 0.05) is 11.1 Å². The highest BCUT2D eigenvalue weighted by molar-refractivity contribution is 6.30. The molecule has 0 spiro atoms. The average molecular weight is 269 g/mol. The van der Waals surface area contributed by atoms with Gasteiger partial charge in [-0.2, -0.15) is 0 Å². The fourth-order valence-corrected chi connectivity index (χ4v) is 1.88. The smallest absolute Gasteiger partial charge is 0.315 e. The molecule has 0 aliphatic carbocycles. The summed E-state index contributed by atoms with van der Waals surface area (Å²) >= 11 is 5.87. The standard InChI is InChI=1S/C14H21ClN2O/c1-9(2)13(17-14(18)16-10(3)4)11-5-7-12(15)8-6-11/h5-10,13H,1-4H3,(H2,16,17,18). The van der Waals surface area contributed by atoms with Gasteiger partial charge in [-0.15, -0.1) is 0 Å². The van der Waals surface area contributed by atoms with Crippen molar-refractivity contribution in [1.82, 2.24) is 10.6 Å². The Bertz CT molecular complexity index is 387. The van der Waals surface area contributed by atoms with E-state index in [1.54, 1.807) is 0 Å². The van der Waals surface area contributed by atoms with E-state index in [9.17, 15) is 4.79 Å². The van der Waals surface area contributed by atoms with E-state index in [2.05, 4.69) is 24.5 Å². The van der Waals surface area contributed by atoms with Crippen molar-refractivity contribution >= 4 is 17.6 Å². The van der Waals surface area contributed by atoms with Crippen molar-refractivity contribution in [2.45, 2.75) is 39.8 Å². The second-order valence-electron chi connectivity index (χ2n) is 5.05. The SMILES string of the molecule is CC(C)NC(=O)NC(c1ccc(Cl)cc1)C(C)C. The second-order valence-corrected chi connectivity index (χ2v) is 5.48. The van der Waals surface area contributed by atoms with Crippen LogP contribution in [0.3, 0.4) is 0 Å². The quantitative estimate of drug-likeness (QED) is 0.858. The molecule has 0 saturated heterocycles. The summed E-state index contributed by atoms with van der Waals surface area (Å²) in [7, 11) is 0. The zero-order valence-electron chi connectivity index (χ0n) is 11.3. The summed E-state index contributed by atoms with van der Waals surface area (Å²) in [5.41, 5.74) is 1.06. The minimum atomic E-state index is -0.140. The fraction of sp³-hybridized carbons (Fsp3) is 0.500. The predicted octanol–water partition coefficient (Wildman–Crippen LogP) is 3.74. The van der Waals surface area contributed by atoms with Crippen LogP contribution in [0.25, 0.3) is 0 Å². The minimum Gasteiger partial charge on any atom is -0.336 e. The minimum absolute atomic E-state index is 0.0129. The molecule has 18 heavy (non-hydrogen) atoms. The molecule has 0 radical (unpaired) electrons. The topological polar surface area (TPSA) is 41.1 Å². The van der Waals surface area contributed by atoms with Gasteiger partial charge in [-0.25, -0.2) is 4.79 Å². The molecule has 1 unspecified atom stereocenters. The Morgan fingerprint density at radius 2 is 1.61 bits per heavy atom. The van der Waals surface area contributed by atoms with Crippen molar-refractivity contribution in [2.75, 3.05) is 0 Å². The Hall–Kier alpha value is -1.22. The molecule has 0 heterocycles. The molecule has 1 atom stereocenters. The number of halogens is 1. The van der Waals surface area contributed by atoms with E-state index in [0.717, 1.165) is 5.56 Å². The van der Waals surface area contributed by atoms with E-state index >= 15 is 0 Å². The van der Waals surface area contributed by atoms with Crippen LogP contribution in [0.5, 0.6) is 0 Å². The van der Waals surface area contributed by atoms with Crippen molar-refractivity contribution in [3.63, 3.8) is 0 Å². The van der Waals surface area contributed by atoms with Gasteiger partial charge in [0.05, 0.1) is 6.04 Å². The molecule has 0 bridgehead atoms. The van der Waals surface area contributed by atoms with Crippen LogP contribution in [0.4, 0.5) is 4.79 Å². The van der Waals surface area contributed by atoms with Crippen LogP contribution in [0.15, 0.2) is 24.3 Å². The summed E-state index contributed by atoms with van der Waals surface area (Å²) in [5.74, 6) is 0.309. The van der Waals surface area contributed by atoms with Crippen molar-refractivity contribution in [3.05, 3.63) is 34.9 Å². The number of rotatable bonds is 4. The third-order valence-electron chi connectivity index (χ3n) is 2.60. The summed E-state index contributed by atoms with van der Waals surface area (Å²) in [6.45, 7) is 8.03. The van der Waals surface area contributed by atoms with E-state index in [0.29, 0.717) is 10.9 Å². The van der Waals surface area contributed by atoms with Crippen molar-refractivity contribution in [3.8, 4) is 0 Å². The van der Waals surface area contributed by atoms with Gasteiger partial charge in [-0.3, -0.25) is 0 Å². The van der Waals surface area contributed by atoms with Gasteiger partial charge >= 0.3 is 6.03 Å². The van der Waals surface area contributed by atoms with E-state index in [1.807, 2.05) is 38.1 Å². The van der Waals surface area contributed by atoms with Gasteiger partial charge in [-0.05, 0) is 37.5 Å². The molecule has 0 saturated carbocycles. The van der Waals surface area contributed by atoms with Crippen LogP contribution < -0.4 is 10.6 Å². The first-order chi connectivity index (χ1) is 8.40. The zero-order chi connectivity index (χ0) is 13.7. The maximum Gasteiger partial charge on any atom is 0.315 e. The zero-order valence-corrected chi connectivity index (χ0v) is 12.1. The highest BCUT2D eigenvalue weighted by Gasteiger charge is 2.18. The molecule has 2 N–H and O–H groups in total. The normalized spacial score (nSPS) is 12.6. The summed E-state index contributed by atoms with van der Waals surface area (Å²) in [6.07, 6.45) is 0. The molecule has 0 aromatic heterocycles. The predicted molar refractivity (Wildman–Crippen MR) is 75.8 cm³/mol. The average Bonchev–Trinajstić information content (AvgIpc) is 2.26. The maximum atomic E-state index is 11.8. The number of nitrogens with one attached hydrogen (secondary N) is 2. The van der Waals surface area contributed by atoms with Gasteiger partial charge in [0.15, 0.2) is 0 Å². The number of carbonyl (C=O) groups excluding carboxylic acids is 1. The summed E-state index contributed by atoms with van der Waals surface area (Å²) < 4.78 is 0. The van der Waals surface area contributed by atoms with Gasteiger partial charge in [0.2, 0.25) is 0 Å². The third kappa shape index (κ3) is 4.57. The van der Waals surface area contributed by atoms with Crippen molar-refractivity contribution in [1.29, 1.82) is 0 Å². The molecule has 2 amide bonds. The molecule has 1 aromatic carbocycles. The summed E-state index contributed by atoms with van der Waals surface area (Å²) in [4.78, 5) is 11.8. The molecular formula is C14H21ClN2O. The molecule has 0 aliphatic heterocycles. The van der Waals surface area contributed by atoms with Gasteiger partial charge in [-0.1, -0.05) is 37.6 Å². The molecule has 100 valence electrons. The maximum absolute atomic E-state index is 11.8. The monoisotopic (exact) mass is 268 g/mol. The van der Waals surface area contributed by atoms with E-state index in [1.165, 1.54) is 0 Å². The van der Waals surface area contributed by atoms with E-state index in [4.69, 9.17) is 11.6 Å². The van der Waals surface area contributed by atoms with Crippen LogP contribution in [-0.4, -0.2) is 12.1 Å². The Morgan fingerprint density at radius 1 is 1.06 bits per heavy atom. The highest BCUT2D eigenvalue weighted by Crippen LogP contribution is 2.23. The third-order valence-corrected chi connectivity index (χ3v) is 2.85. The van der Waals surface area contributed by atoms with Crippen LogP contribution >= 0.6 is 11.6 Å². The molecular weight excluding hydrogens is 248 g/mol. The van der Waals surface area contributed by atoms with Crippen LogP contribution in [0.1, 0.15) is 39.3 Å². The number of hydrogen-bond donors (Lipinski definition) is 2. The Morgan fingerprint density at radius 3 is 2.06 bits per heavy atom.